The fourth-order valence-electron chi connectivity index (χ4n) is 5.85. The lowest BCUT2D eigenvalue weighted by Crippen LogP contribution is -2.71. The van der Waals surface area contributed by atoms with E-state index in [-0.39, 0.29) is 0 Å². The first-order valence-corrected chi connectivity index (χ1v) is 15.9. The Morgan fingerprint density at radius 1 is 0.492 bits per heavy atom. The van der Waals surface area contributed by atoms with Crippen LogP contribution in [0.15, 0.2) is 12.2 Å². The highest BCUT2D eigenvalue weighted by atomic mass is 19.4. The van der Waals surface area contributed by atoms with Crippen LogP contribution in [0.3, 0.4) is 0 Å². The van der Waals surface area contributed by atoms with Crippen molar-refractivity contribution in [2.45, 2.75) is 128 Å². The van der Waals surface area contributed by atoms with Gasteiger partial charge in [-0.25, -0.2) is 19.2 Å². The summed E-state index contributed by atoms with van der Waals surface area (Å²) in [6.45, 7) is 2.37. The summed E-state index contributed by atoms with van der Waals surface area (Å²) >= 11 is 0. The largest absolute Gasteiger partial charge is 0.460 e. The summed E-state index contributed by atoms with van der Waals surface area (Å²) < 4.78 is 369. The molecular weight excluding hydrogens is 970 g/mol. The maximum Gasteiger partial charge on any atom is 0.460 e. The molecule has 2 fully saturated rings. The summed E-state index contributed by atoms with van der Waals surface area (Å²) in [5, 5.41) is 0. The van der Waals surface area contributed by atoms with Crippen molar-refractivity contribution in [1.29, 1.82) is 0 Å². The molecule has 366 valence electrons. The molecular formula is C29H20F26O8. The zero-order valence-electron chi connectivity index (χ0n) is 29.8. The Morgan fingerprint density at radius 3 is 1.08 bits per heavy atom. The van der Waals surface area contributed by atoms with E-state index in [1.165, 1.54) is 0 Å². The van der Waals surface area contributed by atoms with Crippen molar-refractivity contribution in [2.24, 2.45) is 5.92 Å². The molecule has 0 aromatic heterocycles. The van der Waals surface area contributed by atoms with Crippen molar-refractivity contribution in [1.82, 2.24) is 0 Å². The number of hydrogen-bond donors (Lipinski definition) is 0. The van der Waals surface area contributed by atoms with Crippen LogP contribution < -0.4 is 0 Å². The van der Waals surface area contributed by atoms with Gasteiger partial charge in [-0.15, -0.1) is 0 Å². The van der Waals surface area contributed by atoms with Crippen LogP contribution in [0.4, 0.5) is 114 Å². The molecule has 8 nitrogen and oxygen atoms in total. The molecule has 2 saturated carbocycles. The SMILES string of the molecule is C=C(C)C(=O)OCC(=O)OC12CC(CC(OC(=O)C(F)(F)C(F)(F)C(F)(F)C(F)(F)C(F)(F)C(F)(F)F)C1)CC(OC(=O)C(F)(F)C(F)(F)C(F)(F)C(F)(F)C(F)(F)C(F)(F)F)C2. The summed E-state index contributed by atoms with van der Waals surface area (Å²) in [5.74, 6) is -95.7. The Hall–Kier alpha value is -4.20. The molecule has 2 atom stereocenters. The lowest BCUT2D eigenvalue weighted by molar-refractivity contribution is -0.437. The summed E-state index contributed by atoms with van der Waals surface area (Å²) in [7, 11) is 0. The number of carbonyl (C=O) groups excluding carboxylic acids is 4. The molecule has 63 heavy (non-hydrogen) atoms. The van der Waals surface area contributed by atoms with Crippen molar-refractivity contribution < 1.29 is 152 Å². The van der Waals surface area contributed by atoms with Crippen molar-refractivity contribution >= 4 is 23.9 Å². The number of hydrogen-bond acceptors (Lipinski definition) is 8. The van der Waals surface area contributed by atoms with Crippen LogP contribution in [-0.2, 0) is 38.1 Å². The van der Waals surface area contributed by atoms with E-state index in [1.54, 1.807) is 0 Å². The Morgan fingerprint density at radius 2 is 0.794 bits per heavy atom. The zero-order valence-corrected chi connectivity index (χ0v) is 29.8. The highest BCUT2D eigenvalue weighted by Gasteiger charge is 2.93. The smallest absolute Gasteiger partial charge is 0.458 e. The number of carbonyl (C=O) groups is 4. The summed E-state index contributed by atoms with van der Waals surface area (Å²) in [5.41, 5.74) is -3.45. The minimum atomic E-state index is -8.52. The third-order valence-electron chi connectivity index (χ3n) is 8.98. The van der Waals surface area contributed by atoms with E-state index in [0.29, 0.717) is 0 Å². The molecule has 0 aliphatic heterocycles. The van der Waals surface area contributed by atoms with Gasteiger partial charge in [0.2, 0.25) is 0 Å². The standard InChI is InChI=1S/C29H20F26O8/c1-9(2)14(57)60-8-13(56)63-17-5-10(3-11(6-17)61-15(58)18(30,31)20(34,35)22(38,39)24(42,43)26(46,47)28(50,51)52)4-12(7-17)62-16(59)19(32,33)21(36,37)23(40,41)25(44,45)27(48,49)29(53,54)55/h10-12H,1,3-8H2,2H3. The van der Waals surface area contributed by atoms with E-state index in [1.807, 2.05) is 0 Å². The van der Waals surface area contributed by atoms with Gasteiger partial charge in [-0.3, -0.25) is 0 Å². The van der Waals surface area contributed by atoms with E-state index < -0.39 is 163 Å². The van der Waals surface area contributed by atoms with Crippen LogP contribution in [0.5, 0.6) is 0 Å². The normalized spacial score (nSPS) is 22.8. The first-order chi connectivity index (χ1) is 27.5. The van der Waals surface area contributed by atoms with Crippen molar-refractivity contribution in [3.63, 3.8) is 0 Å². The predicted molar refractivity (Wildman–Crippen MR) is 143 cm³/mol. The highest BCUT2D eigenvalue weighted by Crippen LogP contribution is 2.62. The number of ether oxygens (including phenoxy) is 4. The minimum absolute atomic E-state index is 0.485. The van der Waals surface area contributed by atoms with E-state index >= 15 is 0 Å². The van der Waals surface area contributed by atoms with Crippen molar-refractivity contribution in [3.05, 3.63) is 12.2 Å². The summed E-state index contributed by atoms with van der Waals surface area (Å²) in [4.78, 5) is 48.3. The lowest BCUT2D eigenvalue weighted by Gasteiger charge is -2.49. The Labute approximate surface area is 330 Å². The van der Waals surface area contributed by atoms with Gasteiger partial charge in [-0.1, -0.05) is 6.58 Å². The van der Waals surface area contributed by atoms with Crippen molar-refractivity contribution in [2.75, 3.05) is 6.61 Å². The minimum Gasteiger partial charge on any atom is -0.458 e. The number of rotatable bonds is 16. The second-order valence-electron chi connectivity index (χ2n) is 13.8. The number of halogens is 26. The number of alkyl halides is 26. The average Bonchev–Trinajstić information content (AvgIpc) is 3.08. The van der Waals surface area contributed by atoms with Gasteiger partial charge in [0.15, 0.2) is 6.61 Å². The molecule has 0 spiro atoms. The zero-order chi connectivity index (χ0) is 50.2. The molecule has 2 aliphatic carbocycles. The van der Waals surface area contributed by atoms with Crippen LogP contribution >= 0.6 is 0 Å². The maximum absolute atomic E-state index is 14.5. The topological polar surface area (TPSA) is 105 Å². The molecule has 2 rings (SSSR count). The molecule has 2 bridgehead atoms. The lowest BCUT2D eigenvalue weighted by atomic mass is 9.67. The Kier molecular flexibility index (Phi) is 14.0. The van der Waals surface area contributed by atoms with E-state index in [4.69, 9.17) is 4.74 Å². The van der Waals surface area contributed by atoms with E-state index in [0.717, 1.165) is 6.92 Å². The molecule has 0 aromatic carbocycles. The maximum atomic E-state index is 14.5. The quantitative estimate of drug-likeness (QED) is 0.0653. The van der Waals surface area contributed by atoms with Gasteiger partial charge >= 0.3 is 95.5 Å². The van der Waals surface area contributed by atoms with E-state index in [9.17, 15) is 133 Å². The van der Waals surface area contributed by atoms with Gasteiger partial charge in [0, 0.05) is 18.4 Å². The summed E-state index contributed by atoms with van der Waals surface area (Å²) in [6.07, 6.45) is -28.3. The van der Waals surface area contributed by atoms with Crippen LogP contribution in [0.2, 0.25) is 0 Å². The molecule has 2 aliphatic rings. The van der Waals surface area contributed by atoms with Gasteiger partial charge in [0.25, 0.3) is 0 Å². The molecule has 0 amide bonds. The monoisotopic (exact) mass is 990 g/mol. The van der Waals surface area contributed by atoms with Crippen molar-refractivity contribution in [3.8, 4) is 0 Å². The fourth-order valence-corrected chi connectivity index (χ4v) is 5.85. The Bertz CT molecular complexity index is 1680. The van der Waals surface area contributed by atoms with Gasteiger partial charge in [0.05, 0.1) is 0 Å². The van der Waals surface area contributed by atoms with E-state index in [2.05, 4.69) is 20.8 Å². The van der Waals surface area contributed by atoms with Gasteiger partial charge < -0.3 is 18.9 Å². The fraction of sp³-hybridized carbons (Fsp3) is 0.793. The van der Waals surface area contributed by atoms with Gasteiger partial charge in [0.1, 0.15) is 17.8 Å². The summed E-state index contributed by atoms with van der Waals surface area (Å²) in [6, 6.07) is 0. The van der Waals surface area contributed by atoms with Crippen LogP contribution in [-0.4, -0.2) is 120 Å². The molecule has 0 N–H and O–H groups in total. The first-order valence-electron chi connectivity index (χ1n) is 15.9. The van der Waals surface area contributed by atoms with Crippen LogP contribution in [0, 0.1) is 5.92 Å². The molecule has 34 heteroatoms. The van der Waals surface area contributed by atoms with Gasteiger partial charge in [-0.05, 0) is 32.1 Å². The average molecular weight is 990 g/mol. The second-order valence-corrected chi connectivity index (χ2v) is 13.8. The number of fused-ring (bicyclic) bond motifs is 2. The molecule has 0 heterocycles. The number of esters is 4. The molecule has 0 saturated heterocycles. The third kappa shape index (κ3) is 8.83. The molecule has 2 unspecified atom stereocenters. The molecule has 0 radical (unpaired) electrons. The highest BCUT2D eigenvalue weighted by molar-refractivity contribution is 5.88. The van der Waals surface area contributed by atoms with Gasteiger partial charge in [-0.2, -0.15) is 114 Å². The van der Waals surface area contributed by atoms with Crippen LogP contribution in [0.1, 0.15) is 39.0 Å². The van der Waals surface area contributed by atoms with Crippen LogP contribution in [0.25, 0.3) is 0 Å². The first kappa shape index (κ1) is 54.9. The predicted octanol–water partition coefficient (Wildman–Crippen LogP) is 9.28. The third-order valence-corrected chi connectivity index (χ3v) is 8.98. The molecule has 0 aromatic rings. The second kappa shape index (κ2) is 16.0. The Balaban J connectivity index is 2.54.